The lowest BCUT2D eigenvalue weighted by Crippen LogP contribution is -1.99. The van der Waals surface area contributed by atoms with E-state index in [2.05, 4.69) is 15.3 Å². The Morgan fingerprint density at radius 1 is 0.920 bits per heavy atom. The van der Waals surface area contributed by atoms with E-state index >= 15 is 0 Å². The van der Waals surface area contributed by atoms with Crippen LogP contribution in [0.5, 0.6) is 17.2 Å². The van der Waals surface area contributed by atoms with Crippen LogP contribution in [0, 0.1) is 0 Å². The zero-order valence-corrected chi connectivity index (χ0v) is 15.4. The van der Waals surface area contributed by atoms with Crippen LogP contribution in [0.1, 0.15) is 0 Å². The molecule has 0 aliphatic heterocycles. The molecular weight excluding hydrogens is 365 g/mol. The Morgan fingerprint density at radius 2 is 1.60 bits per heavy atom. The van der Waals surface area contributed by atoms with Gasteiger partial charge in [0.1, 0.15) is 12.1 Å². The molecule has 0 aliphatic carbocycles. The van der Waals surface area contributed by atoms with Gasteiger partial charge in [0, 0.05) is 28.2 Å². The van der Waals surface area contributed by atoms with E-state index in [0.717, 1.165) is 16.6 Å². The largest absolute Gasteiger partial charge is 0.493 e. The predicted molar refractivity (Wildman–Crippen MR) is 101 cm³/mol. The maximum Gasteiger partial charge on any atom is 0.203 e. The summed E-state index contributed by atoms with van der Waals surface area (Å²) in [5, 5.41) is 4.68. The molecule has 3 aromatic rings. The van der Waals surface area contributed by atoms with Gasteiger partial charge < -0.3 is 19.5 Å². The molecule has 0 saturated heterocycles. The average Bonchev–Trinajstić information content (AvgIpc) is 2.61. The summed E-state index contributed by atoms with van der Waals surface area (Å²) in [4.78, 5) is 8.54. The number of nitrogens with one attached hydrogen (secondary N) is 1. The van der Waals surface area contributed by atoms with Crippen LogP contribution in [0.2, 0.25) is 5.02 Å². The summed E-state index contributed by atoms with van der Waals surface area (Å²) >= 11 is 6.09. The lowest BCUT2D eigenvalue weighted by atomic mass is 10.2. The van der Waals surface area contributed by atoms with E-state index in [0.29, 0.717) is 28.1 Å². The number of methoxy groups -OCH3 is 3. The highest BCUT2D eigenvalue weighted by Crippen LogP contribution is 2.40. The third-order valence-corrected chi connectivity index (χ3v) is 3.76. The first-order valence-corrected chi connectivity index (χ1v) is 7.51. The fourth-order valence-corrected chi connectivity index (χ4v) is 2.59. The molecule has 8 heteroatoms. The van der Waals surface area contributed by atoms with Gasteiger partial charge in [-0.3, -0.25) is 0 Å². The minimum atomic E-state index is 0. The molecule has 0 radical (unpaired) electrons. The zero-order valence-electron chi connectivity index (χ0n) is 13.9. The van der Waals surface area contributed by atoms with Gasteiger partial charge in [-0.2, -0.15) is 0 Å². The van der Waals surface area contributed by atoms with Crippen molar-refractivity contribution in [2.75, 3.05) is 26.6 Å². The maximum atomic E-state index is 6.09. The molecule has 0 amide bonds. The van der Waals surface area contributed by atoms with Gasteiger partial charge in [-0.15, -0.1) is 12.4 Å². The van der Waals surface area contributed by atoms with Crippen molar-refractivity contribution in [3.8, 4) is 17.2 Å². The van der Waals surface area contributed by atoms with Gasteiger partial charge in [-0.25, -0.2) is 9.97 Å². The normalized spacial score (nSPS) is 10.1. The Morgan fingerprint density at radius 3 is 2.20 bits per heavy atom. The molecule has 25 heavy (non-hydrogen) atoms. The SMILES string of the molecule is COc1cc(Nc2ncnc3ccc(Cl)cc23)cc(OC)c1OC.Cl. The number of benzene rings is 2. The molecule has 0 atom stereocenters. The molecule has 0 saturated carbocycles. The molecule has 0 aliphatic rings. The van der Waals surface area contributed by atoms with Crippen LogP contribution >= 0.6 is 24.0 Å². The molecule has 1 heterocycles. The molecule has 1 aromatic heterocycles. The fraction of sp³-hybridized carbons (Fsp3) is 0.176. The second-order valence-corrected chi connectivity index (χ2v) is 5.36. The average molecular weight is 382 g/mol. The Balaban J connectivity index is 0.00000225. The Bertz CT molecular complexity index is 865. The van der Waals surface area contributed by atoms with Crippen LogP contribution in [0.4, 0.5) is 11.5 Å². The molecule has 0 spiro atoms. The Kier molecular flexibility index (Phi) is 6.12. The summed E-state index contributed by atoms with van der Waals surface area (Å²) in [7, 11) is 4.70. The fourth-order valence-electron chi connectivity index (χ4n) is 2.42. The van der Waals surface area contributed by atoms with Crippen molar-refractivity contribution in [3.63, 3.8) is 0 Å². The Hall–Kier alpha value is -2.44. The standard InChI is InChI=1S/C17H16ClN3O3.ClH/c1-22-14-7-11(8-15(23-2)16(14)24-3)21-17-12-6-10(18)4-5-13(12)19-9-20-17;/h4-9H,1-3H3,(H,19,20,21);1H. The van der Waals surface area contributed by atoms with Gasteiger partial charge in [-0.1, -0.05) is 11.6 Å². The Labute approximate surface area is 156 Å². The number of rotatable bonds is 5. The topological polar surface area (TPSA) is 65.5 Å². The third-order valence-electron chi connectivity index (χ3n) is 3.52. The summed E-state index contributed by atoms with van der Waals surface area (Å²) < 4.78 is 16.1. The number of aromatic nitrogens is 2. The first-order valence-electron chi connectivity index (χ1n) is 7.13. The molecule has 2 aromatic carbocycles. The van der Waals surface area contributed by atoms with Crippen molar-refractivity contribution < 1.29 is 14.2 Å². The van der Waals surface area contributed by atoms with Crippen molar-refractivity contribution >= 4 is 46.4 Å². The predicted octanol–water partition coefficient (Wildman–Crippen LogP) is 4.47. The quantitative estimate of drug-likeness (QED) is 0.702. The smallest absolute Gasteiger partial charge is 0.203 e. The van der Waals surface area contributed by atoms with E-state index in [1.165, 1.54) is 6.33 Å². The molecule has 6 nitrogen and oxygen atoms in total. The summed E-state index contributed by atoms with van der Waals surface area (Å²) in [6.45, 7) is 0. The lowest BCUT2D eigenvalue weighted by Gasteiger charge is -2.15. The number of hydrogen-bond donors (Lipinski definition) is 1. The number of nitrogens with zero attached hydrogens (tertiary/aromatic N) is 2. The number of anilines is 2. The molecule has 0 fully saturated rings. The van der Waals surface area contributed by atoms with Crippen LogP contribution < -0.4 is 19.5 Å². The van der Waals surface area contributed by atoms with Gasteiger partial charge in [0.25, 0.3) is 0 Å². The van der Waals surface area contributed by atoms with E-state index in [-0.39, 0.29) is 12.4 Å². The minimum Gasteiger partial charge on any atom is -0.493 e. The maximum absolute atomic E-state index is 6.09. The summed E-state index contributed by atoms with van der Waals surface area (Å²) in [6, 6.07) is 9.07. The molecule has 1 N–H and O–H groups in total. The second-order valence-electron chi connectivity index (χ2n) is 4.92. The van der Waals surface area contributed by atoms with Crippen LogP contribution in [0.25, 0.3) is 10.9 Å². The minimum absolute atomic E-state index is 0. The van der Waals surface area contributed by atoms with Crippen molar-refractivity contribution in [1.82, 2.24) is 9.97 Å². The molecule has 132 valence electrons. The number of halogens is 2. The van der Waals surface area contributed by atoms with E-state index in [1.54, 1.807) is 39.5 Å². The lowest BCUT2D eigenvalue weighted by molar-refractivity contribution is 0.324. The molecule has 0 unspecified atom stereocenters. The van der Waals surface area contributed by atoms with E-state index in [1.807, 2.05) is 12.1 Å². The molecular formula is C17H17Cl2N3O3. The van der Waals surface area contributed by atoms with Gasteiger partial charge in [0.2, 0.25) is 5.75 Å². The monoisotopic (exact) mass is 381 g/mol. The number of ether oxygens (including phenoxy) is 3. The third kappa shape index (κ3) is 3.81. The van der Waals surface area contributed by atoms with Gasteiger partial charge in [0.15, 0.2) is 11.5 Å². The second kappa shape index (κ2) is 8.09. The summed E-state index contributed by atoms with van der Waals surface area (Å²) in [6.07, 6.45) is 1.50. The highest BCUT2D eigenvalue weighted by molar-refractivity contribution is 6.31. The van der Waals surface area contributed by atoms with E-state index in [9.17, 15) is 0 Å². The summed E-state index contributed by atoms with van der Waals surface area (Å²) in [5.41, 5.74) is 1.54. The van der Waals surface area contributed by atoms with Crippen LogP contribution in [-0.4, -0.2) is 31.3 Å². The summed E-state index contributed by atoms with van der Waals surface area (Å²) in [5.74, 6) is 2.27. The van der Waals surface area contributed by atoms with Gasteiger partial charge in [-0.05, 0) is 18.2 Å². The first-order chi connectivity index (χ1) is 11.7. The highest BCUT2D eigenvalue weighted by atomic mass is 35.5. The molecule has 3 rings (SSSR count). The van der Waals surface area contributed by atoms with Crippen LogP contribution in [-0.2, 0) is 0 Å². The van der Waals surface area contributed by atoms with Crippen molar-refractivity contribution in [2.24, 2.45) is 0 Å². The van der Waals surface area contributed by atoms with Crippen molar-refractivity contribution in [1.29, 1.82) is 0 Å². The first kappa shape index (κ1) is 18.9. The van der Waals surface area contributed by atoms with Crippen LogP contribution in [0.3, 0.4) is 0 Å². The highest BCUT2D eigenvalue weighted by Gasteiger charge is 2.14. The van der Waals surface area contributed by atoms with Gasteiger partial charge in [0.05, 0.1) is 26.8 Å². The zero-order chi connectivity index (χ0) is 17.1. The van der Waals surface area contributed by atoms with E-state index < -0.39 is 0 Å². The molecule has 0 bridgehead atoms. The van der Waals surface area contributed by atoms with Crippen molar-refractivity contribution in [3.05, 3.63) is 41.7 Å². The van der Waals surface area contributed by atoms with Crippen molar-refractivity contribution in [2.45, 2.75) is 0 Å². The van der Waals surface area contributed by atoms with Crippen LogP contribution in [0.15, 0.2) is 36.7 Å². The van der Waals surface area contributed by atoms with E-state index in [4.69, 9.17) is 25.8 Å². The van der Waals surface area contributed by atoms with Gasteiger partial charge >= 0.3 is 0 Å². The number of hydrogen-bond acceptors (Lipinski definition) is 6. The number of fused-ring (bicyclic) bond motifs is 1.